The second-order valence-corrected chi connectivity index (χ2v) is 7.57. The Hall–Kier alpha value is -0.420. The fourth-order valence-electron chi connectivity index (χ4n) is 1.76. The minimum absolute atomic E-state index is 0.114. The highest BCUT2D eigenvalue weighted by Crippen LogP contribution is 2.49. The van der Waals surface area contributed by atoms with Crippen LogP contribution in [0.25, 0.3) is 0 Å². The highest BCUT2D eigenvalue weighted by Gasteiger charge is 2.52. The third-order valence-electron chi connectivity index (χ3n) is 2.84. The average Bonchev–Trinajstić information content (AvgIpc) is 2.26. The molecule has 1 unspecified atom stereocenters. The van der Waals surface area contributed by atoms with E-state index in [2.05, 4.69) is 15.9 Å². The molecule has 1 aromatic carbocycles. The van der Waals surface area contributed by atoms with Gasteiger partial charge in [0.2, 0.25) is 0 Å². The molecule has 82 valence electrons. The van der Waals surface area contributed by atoms with Gasteiger partial charge in [0.1, 0.15) is 10.9 Å². The van der Waals surface area contributed by atoms with Gasteiger partial charge in [0.25, 0.3) is 0 Å². The molecule has 2 nitrogen and oxygen atoms in total. The summed E-state index contributed by atoms with van der Waals surface area (Å²) in [5.74, 6) is 0. The van der Waals surface area contributed by atoms with Crippen molar-refractivity contribution in [3.8, 4) is 0 Å². The van der Waals surface area contributed by atoms with E-state index in [9.17, 15) is 12.8 Å². The fraction of sp³-hybridized carbons (Fsp3) is 0.400. The topological polar surface area (TPSA) is 34.1 Å². The van der Waals surface area contributed by atoms with E-state index in [4.69, 9.17) is 0 Å². The van der Waals surface area contributed by atoms with Crippen molar-refractivity contribution < 1.29 is 12.8 Å². The standard InChI is InChI=1S/C10H10BrFO2S/c1-10(2)9(12)7-5-6(11)3-4-8(7)15(10,13)14/h3-5,9H,1-2H3. The molecule has 1 aliphatic heterocycles. The summed E-state index contributed by atoms with van der Waals surface area (Å²) in [4.78, 5) is 0.114. The molecule has 1 aromatic rings. The minimum atomic E-state index is -3.55. The molecule has 15 heavy (non-hydrogen) atoms. The maximum atomic E-state index is 14.0. The summed E-state index contributed by atoms with van der Waals surface area (Å²) in [7, 11) is -3.55. The van der Waals surface area contributed by atoms with Crippen LogP contribution in [-0.4, -0.2) is 13.2 Å². The Kier molecular flexibility index (Phi) is 2.25. The zero-order chi connectivity index (χ0) is 11.4. The van der Waals surface area contributed by atoms with Gasteiger partial charge in [0.15, 0.2) is 9.84 Å². The number of hydrogen-bond acceptors (Lipinski definition) is 2. The molecule has 0 spiro atoms. The van der Waals surface area contributed by atoms with Crippen LogP contribution in [-0.2, 0) is 9.84 Å². The number of benzene rings is 1. The van der Waals surface area contributed by atoms with Gasteiger partial charge in [0, 0.05) is 10.0 Å². The number of hydrogen-bond donors (Lipinski definition) is 0. The number of halogens is 2. The molecular weight excluding hydrogens is 283 g/mol. The van der Waals surface area contributed by atoms with Crippen LogP contribution in [0.15, 0.2) is 27.6 Å². The lowest BCUT2D eigenvalue weighted by Crippen LogP contribution is -2.30. The first-order valence-electron chi connectivity index (χ1n) is 4.46. The maximum Gasteiger partial charge on any atom is 0.187 e. The van der Waals surface area contributed by atoms with Gasteiger partial charge >= 0.3 is 0 Å². The summed E-state index contributed by atoms with van der Waals surface area (Å²) in [5, 5.41) is 0. The van der Waals surface area contributed by atoms with Crippen molar-refractivity contribution in [1.29, 1.82) is 0 Å². The lowest BCUT2D eigenvalue weighted by atomic mass is 10.0. The van der Waals surface area contributed by atoms with Crippen LogP contribution in [0.4, 0.5) is 4.39 Å². The Morgan fingerprint density at radius 3 is 2.60 bits per heavy atom. The van der Waals surface area contributed by atoms with E-state index in [0.29, 0.717) is 4.47 Å². The van der Waals surface area contributed by atoms with Crippen molar-refractivity contribution in [1.82, 2.24) is 0 Å². The molecule has 5 heteroatoms. The van der Waals surface area contributed by atoms with Crippen molar-refractivity contribution in [3.63, 3.8) is 0 Å². The summed E-state index contributed by atoms with van der Waals surface area (Å²) < 4.78 is 37.2. The van der Waals surface area contributed by atoms with Gasteiger partial charge < -0.3 is 0 Å². The molecule has 0 aromatic heterocycles. The lowest BCUT2D eigenvalue weighted by Gasteiger charge is -2.19. The average molecular weight is 293 g/mol. The van der Waals surface area contributed by atoms with E-state index in [1.54, 1.807) is 6.07 Å². The molecule has 0 fully saturated rings. The maximum absolute atomic E-state index is 14.0. The quantitative estimate of drug-likeness (QED) is 0.737. The van der Waals surface area contributed by atoms with E-state index >= 15 is 0 Å². The summed E-state index contributed by atoms with van der Waals surface area (Å²) >= 11 is 3.21. The van der Waals surface area contributed by atoms with Gasteiger partial charge in [-0.3, -0.25) is 0 Å². The monoisotopic (exact) mass is 292 g/mol. The summed E-state index contributed by atoms with van der Waals surface area (Å²) in [6.45, 7) is 2.84. The SMILES string of the molecule is CC1(C)C(F)c2cc(Br)ccc2S1(=O)=O. The van der Waals surface area contributed by atoms with Gasteiger partial charge in [-0.2, -0.15) is 0 Å². The predicted octanol–water partition coefficient (Wildman–Crippen LogP) is 3.03. The van der Waals surface area contributed by atoms with E-state index in [1.165, 1.54) is 26.0 Å². The number of fused-ring (bicyclic) bond motifs is 1. The van der Waals surface area contributed by atoms with Crippen LogP contribution in [0.1, 0.15) is 25.6 Å². The van der Waals surface area contributed by atoms with Gasteiger partial charge in [-0.25, -0.2) is 12.8 Å². The molecule has 0 radical (unpaired) electrons. The van der Waals surface area contributed by atoms with Gasteiger partial charge in [-0.15, -0.1) is 0 Å². The summed E-state index contributed by atoms with van der Waals surface area (Å²) in [6.07, 6.45) is -1.46. The minimum Gasteiger partial charge on any atom is -0.241 e. The van der Waals surface area contributed by atoms with Crippen LogP contribution in [0.2, 0.25) is 0 Å². The molecule has 1 atom stereocenters. The van der Waals surface area contributed by atoms with Crippen LogP contribution >= 0.6 is 15.9 Å². The van der Waals surface area contributed by atoms with E-state index < -0.39 is 20.8 Å². The molecular formula is C10H10BrFO2S. The molecule has 0 N–H and O–H groups in total. The molecule has 2 rings (SSSR count). The Balaban J connectivity index is 2.80. The van der Waals surface area contributed by atoms with Crippen molar-refractivity contribution >= 4 is 25.8 Å². The van der Waals surface area contributed by atoms with Gasteiger partial charge in [-0.1, -0.05) is 15.9 Å². The van der Waals surface area contributed by atoms with Gasteiger partial charge in [-0.05, 0) is 32.0 Å². The van der Waals surface area contributed by atoms with Crippen LogP contribution in [0, 0.1) is 0 Å². The van der Waals surface area contributed by atoms with E-state index in [-0.39, 0.29) is 10.5 Å². The highest BCUT2D eigenvalue weighted by atomic mass is 79.9. The van der Waals surface area contributed by atoms with Crippen LogP contribution in [0.5, 0.6) is 0 Å². The zero-order valence-electron chi connectivity index (χ0n) is 8.29. The third kappa shape index (κ3) is 1.29. The van der Waals surface area contributed by atoms with Crippen molar-refractivity contribution in [2.45, 2.75) is 29.7 Å². The smallest absolute Gasteiger partial charge is 0.187 e. The summed E-state index contributed by atoms with van der Waals surface area (Å²) in [6, 6.07) is 4.60. The Labute approximate surface area is 96.5 Å². The fourth-order valence-corrected chi connectivity index (χ4v) is 3.82. The molecule has 1 heterocycles. The van der Waals surface area contributed by atoms with Crippen molar-refractivity contribution in [2.24, 2.45) is 0 Å². The molecule has 0 bridgehead atoms. The largest absolute Gasteiger partial charge is 0.241 e. The molecule has 0 aliphatic carbocycles. The second-order valence-electron chi connectivity index (χ2n) is 4.15. The third-order valence-corrected chi connectivity index (χ3v) is 5.87. The van der Waals surface area contributed by atoms with Crippen molar-refractivity contribution in [2.75, 3.05) is 0 Å². The Morgan fingerprint density at radius 1 is 1.40 bits per heavy atom. The lowest BCUT2D eigenvalue weighted by molar-refractivity contribution is 0.284. The number of sulfone groups is 1. The predicted molar refractivity (Wildman–Crippen MR) is 59.3 cm³/mol. The second kappa shape index (κ2) is 3.04. The van der Waals surface area contributed by atoms with Crippen molar-refractivity contribution in [3.05, 3.63) is 28.2 Å². The van der Waals surface area contributed by atoms with Crippen LogP contribution < -0.4 is 0 Å². The molecule has 0 amide bonds. The normalized spacial score (nSPS) is 26.3. The van der Waals surface area contributed by atoms with E-state index in [0.717, 1.165) is 0 Å². The van der Waals surface area contributed by atoms with Gasteiger partial charge in [0.05, 0.1) is 4.90 Å². The Bertz CT molecular complexity index is 522. The van der Waals surface area contributed by atoms with Crippen LogP contribution in [0.3, 0.4) is 0 Å². The molecule has 0 saturated carbocycles. The first-order valence-corrected chi connectivity index (χ1v) is 6.74. The molecule has 1 aliphatic rings. The summed E-state index contributed by atoms with van der Waals surface area (Å²) in [5.41, 5.74) is 0.259. The number of rotatable bonds is 0. The first kappa shape index (κ1) is 11.1. The first-order chi connectivity index (χ1) is 6.78. The number of alkyl halides is 1. The highest BCUT2D eigenvalue weighted by molar-refractivity contribution is 9.10. The Morgan fingerprint density at radius 2 is 2.00 bits per heavy atom. The zero-order valence-corrected chi connectivity index (χ0v) is 10.7. The van der Waals surface area contributed by atoms with E-state index in [1.807, 2.05) is 0 Å². The molecule has 0 saturated heterocycles.